The first-order chi connectivity index (χ1) is 14.2. The second-order valence-electron chi connectivity index (χ2n) is 6.32. The molecular formula is C22H22N4O3. The van der Waals surface area contributed by atoms with Crippen molar-refractivity contribution in [3.8, 4) is 17.6 Å². The predicted octanol–water partition coefficient (Wildman–Crippen LogP) is 2.55. The van der Waals surface area contributed by atoms with E-state index in [9.17, 15) is 4.79 Å². The Labute approximate surface area is 169 Å². The molecule has 1 aromatic heterocycles. The van der Waals surface area contributed by atoms with Crippen LogP contribution < -0.4 is 14.8 Å². The van der Waals surface area contributed by atoms with Crippen LogP contribution in [0.5, 0.6) is 11.5 Å². The van der Waals surface area contributed by atoms with Gasteiger partial charge >= 0.3 is 0 Å². The molecular weight excluding hydrogens is 368 g/mol. The lowest BCUT2D eigenvalue weighted by Crippen LogP contribution is -2.31. The topological polar surface area (TPSA) is 89.2 Å². The summed E-state index contributed by atoms with van der Waals surface area (Å²) in [5.74, 6) is 1.50. The van der Waals surface area contributed by atoms with Gasteiger partial charge in [-0.3, -0.25) is 4.79 Å². The van der Waals surface area contributed by atoms with Gasteiger partial charge in [0.05, 0.1) is 18.7 Å². The molecule has 3 rings (SSSR count). The number of hydrogen-bond donors (Lipinski definition) is 1. The number of aromatic nitrogens is 2. The van der Waals surface area contributed by atoms with Crippen LogP contribution in [0.1, 0.15) is 17.0 Å². The minimum Gasteiger partial charge on any atom is -0.493 e. The zero-order chi connectivity index (χ0) is 20.5. The normalized spacial score (nSPS) is 10.2. The average molecular weight is 390 g/mol. The first kappa shape index (κ1) is 20.0. The van der Waals surface area contributed by atoms with Gasteiger partial charge in [0, 0.05) is 38.0 Å². The number of nitriles is 1. The molecule has 0 fully saturated rings. The van der Waals surface area contributed by atoms with E-state index in [1.807, 2.05) is 30.5 Å². The molecule has 0 aliphatic heterocycles. The highest BCUT2D eigenvalue weighted by Crippen LogP contribution is 2.27. The van der Waals surface area contributed by atoms with Crippen LogP contribution in [0.2, 0.25) is 0 Å². The molecule has 0 spiro atoms. The smallest absolute Gasteiger partial charge is 0.257 e. The lowest BCUT2D eigenvalue weighted by atomic mass is 10.2. The van der Waals surface area contributed by atoms with Gasteiger partial charge in [-0.25, -0.2) is 4.98 Å². The van der Waals surface area contributed by atoms with Gasteiger partial charge in [-0.05, 0) is 17.7 Å². The summed E-state index contributed by atoms with van der Waals surface area (Å²) < 4.78 is 12.8. The number of carbonyl (C=O) groups excluding carboxylic acids is 1. The van der Waals surface area contributed by atoms with Gasteiger partial charge in [-0.15, -0.1) is 0 Å². The number of rotatable bonds is 9. The van der Waals surface area contributed by atoms with Gasteiger partial charge in [-0.2, -0.15) is 5.26 Å². The number of carbonyl (C=O) groups is 1. The van der Waals surface area contributed by atoms with Crippen LogP contribution in [0.25, 0.3) is 0 Å². The molecule has 0 atom stereocenters. The third-order valence-corrected chi connectivity index (χ3v) is 4.32. The molecule has 0 saturated carbocycles. The molecule has 0 aliphatic rings. The Kier molecular flexibility index (Phi) is 6.85. The highest BCUT2D eigenvalue weighted by molar-refractivity contribution is 5.77. The molecule has 1 N–H and O–H groups in total. The minimum absolute atomic E-state index is 0.138. The molecule has 3 aromatic rings. The van der Waals surface area contributed by atoms with Crippen molar-refractivity contribution < 1.29 is 14.3 Å². The monoisotopic (exact) mass is 390 g/mol. The van der Waals surface area contributed by atoms with E-state index in [1.54, 1.807) is 24.4 Å². The summed E-state index contributed by atoms with van der Waals surface area (Å²) in [6.07, 6.45) is 4.32. The van der Waals surface area contributed by atoms with Crippen molar-refractivity contribution in [3.63, 3.8) is 0 Å². The van der Waals surface area contributed by atoms with Crippen LogP contribution in [0, 0.1) is 11.3 Å². The lowest BCUT2D eigenvalue weighted by molar-refractivity contribution is -0.123. The minimum atomic E-state index is -0.238. The third-order valence-electron chi connectivity index (χ3n) is 4.32. The maximum Gasteiger partial charge on any atom is 0.257 e. The van der Waals surface area contributed by atoms with Crippen molar-refractivity contribution in [2.45, 2.75) is 13.0 Å². The Morgan fingerprint density at radius 3 is 2.79 bits per heavy atom. The Morgan fingerprint density at radius 1 is 1.21 bits per heavy atom. The molecule has 0 radical (unpaired) electrons. The van der Waals surface area contributed by atoms with Gasteiger partial charge in [0.1, 0.15) is 5.82 Å². The number of amides is 1. The summed E-state index contributed by atoms with van der Waals surface area (Å²) in [4.78, 5) is 16.5. The van der Waals surface area contributed by atoms with E-state index in [0.29, 0.717) is 30.0 Å². The Bertz CT molecular complexity index is 993. The number of benzene rings is 2. The molecule has 0 bridgehead atoms. The van der Waals surface area contributed by atoms with Gasteiger partial charge < -0.3 is 19.4 Å². The Hall–Kier alpha value is -3.79. The first-order valence-corrected chi connectivity index (χ1v) is 9.21. The van der Waals surface area contributed by atoms with E-state index in [-0.39, 0.29) is 12.5 Å². The average Bonchev–Trinajstić information content (AvgIpc) is 3.19. The van der Waals surface area contributed by atoms with Gasteiger partial charge in [-0.1, -0.05) is 30.3 Å². The van der Waals surface area contributed by atoms with Crippen molar-refractivity contribution in [1.82, 2.24) is 14.9 Å². The lowest BCUT2D eigenvalue weighted by Gasteiger charge is -2.11. The van der Waals surface area contributed by atoms with Crippen LogP contribution >= 0.6 is 0 Å². The molecule has 0 unspecified atom stereocenters. The standard InChI is InChI=1S/C22H22N4O3/c1-28-20-13-18(14-23)7-8-19(20)29-16-22(27)25-10-9-21-24-11-12-26(21)15-17-5-3-2-4-6-17/h2-8,11-13H,9-10,15-16H2,1H3,(H,25,27). The molecule has 0 saturated heterocycles. The summed E-state index contributed by atoms with van der Waals surface area (Å²) in [6, 6.07) is 17.0. The SMILES string of the molecule is COc1cc(C#N)ccc1OCC(=O)NCCc1nccn1Cc1ccccc1. The fraction of sp³-hybridized carbons (Fsp3) is 0.227. The number of methoxy groups -OCH3 is 1. The fourth-order valence-electron chi connectivity index (χ4n) is 2.86. The van der Waals surface area contributed by atoms with E-state index in [2.05, 4.69) is 27.0 Å². The second kappa shape index (κ2) is 9.95. The quantitative estimate of drug-likeness (QED) is 0.607. The van der Waals surface area contributed by atoms with E-state index in [1.165, 1.54) is 12.7 Å². The molecule has 7 nitrogen and oxygen atoms in total. The van der Waals surface area contributed by atoms with Crippen molar-refractivity contribution in [2.24, 2.45) is 0 Å². The summed E-state index contributed by atoms with van der Waals surface area (Å²) in [5, 5.41) is 11.8. The molecule has 2 aromatic carbocycles. The maximum absolute atomic E-state index is 12.1. The number of imidazole rings is 1. The highest BCUT2D eigenvalue weighted by Gasteiger charge is 2.09. The van der Waals surface area contributed by atoms with E-state index in [4.69, 9.17) is 14.7 Å². The fourth-order valence-corrected chi connectivity index (χ4v) is 2.86. The Balaban J connectivity index is 1.46. The number of hydrogen-bond acceptors (Lipinski definition) is 5. The van der Waals surface area contributed by atoms with E-state index >= 15 is 0 Å². The predicted molar refractivity (Wildman–Crippen MR) is 108 cm³/mol. The van der Waals surface area contributed by atoms with Crippen molar-refractivity contribution in [3.05, 3.63) is 77.9 Å². The molecule has 148 valence electrons. The van der Waals surface area contributed by atoms with E-state index in [0.717, 1.165) is 12.4 Å². The largest absolute Gasteiger partial charge is 0.493 e. The zero-order valence-electron chi connectivity index (χ0n) is 16.2. The molecule has 1 amide bonds. The summed E-state index contributed by atoms with van der Waals surface area (Å²) in [7, 11) is 1.49. The van der Waals surface area contributed by atoms with Crippen molar-refractivity contribution >= 4 is 5.91 Å². The summed E-state index contributed by atoms with van der Waals surface area (Å²) in [6.45, 7) is 1.06. The van der Waals surface area contributed by atoms with Gasteiger partial charge in [0.25, 0.3) is 5.91 Å². The van der Waals surface area contributed by atoms with Crippen LogP contribution in [0.3, 0.4) is 0 Å². The number of nitrogens with one attached hydrogen (secondary N) is 1. The Morgan fingerprint density at radius 2 is 2.03 bits per heavy atom. The van der Waals surface area contributed by atoms with Crippen molar-refractivity contribution in [1.29, 1.82) is 5.26 Å². The second-order valence-corrected chi connectivity index (χ2v) is 6.32. The van der Waals surface area contributed by atoms with Crippen LogP contribution in [0.4, 0.5) is 0 Å². The third kappa shape index (κ3) is 5.59. The first-order valence-electron chi connectivity index (χ1n) is 9.21. The summed E-state index contributed by atoms with van der Waals surface area (Å²) in [5.41, 5.74) is 1.66. The highest BCUT2D eigenvalue weighted by atomic mass is 16.5. The van der Waals surface area contributed by atoms with Crippen LogP contribution in [-0.2, 0) is 17.8 Å². The van der Waals surface area contributed by atoms with Crippen molar-refractivity contribution in [2.75, 3.05) is 20.3 Å². The summed E-state index contributed by atoms with van der Waals surface area (Å²) >= 11 is 0. The molecule has 29 heavy (non-hydrogen) atoms. The van der Waals surface area contributed by atoms with Crippen LogP contribution in [0.15, 0.2) is 60.9 Å². The molecule has 7 heteroatoms. The van der Waals surface area contributed by atoms with E-state index < -0.39 is 0 Å². The van der Waals surface area contributed by atoms with Gasteiger partial charge in [0.2, 0.25) is 0 Å². The van der Waals surface area contributed by atoms with Gasteiger partial charge in [0.15, 0.2) is 18.1 Å². The maximum atomic E-state index is 12.1. The number of nitrogens with zero attached hydrogens (tertiary/aromatic N) is 3. The molecule has 1 heterocycles. The zero-order valence-corrected chi connectivity index (χ0v) is 16.2. The van der Waals surface area contributed by atoms with Crippen LogP contribution in [-0.4, -0.2) is 35.7 Å². The molecule has 0 aliphatic carbocycles. The number of ether oxygens (including phenoxy) is 2.